The van der Waals surface area contributed by atoms with Crippen LogP contribution in [0.5, 0.6) is 0 Å². The van der Waals surface area contributed by atoms with E-state index in [1.54, 1.807) is 0 Å². The van der Waals surface area contributed by atoms with E-state index in [9.17, 15) is 13.2 Å². The predicted octanol–water partition coefficient (Wildman–Crippen LogP) is 2.70. The average Bonchev–Trinajstić information content (AvgIpc) is 2.61. The standard InChI is InChI=1S/C17H14ClN5O4S/c1-9-4-3-5-10(2)15(9)11-6-13(18)22-17(21-11)23-28(26,27)14-8-19-7-12(20-14)16(24)25/h3-8H,1-2H3,(H,24,25)(H,21,22,23). The van der Waals surface area contributed by atoms with Crippen LogP contribution in [0.3, 0.4) is 0 Å². The Labute approximate surface area is 165 Å². The number of benzene rings is 1. The number of carbonyl (C=O) groups is 1. The van der Waals surface area contributed by atoms with Crippen molar-refractivity contribution in [2.75, 3.05) is 4.72 Å². The van der Waals surface area contributed by atoms with Crippen LogP contribution >= 0.6 is 11.6 Å². The number of carboxylic acid groups (broad SMARTS) is 1. The summed E-state index contributed by atoms with van der Waals surface area (Å²) in [5.41, 5.74) is 2.61. The maximum absolute atomic E-state index is 12.5. The first kappa shape index (κ1) is 19.6. The monoisotopic (exact) mass is 419 g/mol. The Bertz CT molecular complexity index is 1160. The number of hydrogen-bond donors (Lipinski definition) is 2. The van der Waals surface area contributed by atoms with Crippen molar-refractivity contribution in [3.63, 3.8) is 0 Å². The second-order valence-electron chi connectivity index (χ2n) is 5.82. The quantitative estimate of drug-likeness (QED) is 0.602. The Hall–Kier alpha value is -3.11. The van der Waals surface area contributed by atoms with E-state index in [4.69, 9.17) is 16.7 Å². The fraction of sp³-hybridized carbons (Fsp3) is 0.118. The molecule has 2 heterocycles. The highest BCUT2D eigenvalue weighted by atomic mass is 35.5. The third-order valence-corrected chi connectivity index (χ3v) is 5.16. The summed E-state index contributed by atoms with van der Waals surface area (Å²) in [4.78, 5) is 26.3. The number of aryl methyl sites for hydroxylation is 2. The summed E-state index contributed by atoms with van der Waals surface area (Å²) in [5, 5.41) is 8.41. The Morgan fingerprint density at radius 2 is 1.79 bits per heavy atom. The number of nitrogens with zero attached hydrogens (tertiary/aromatic N) is 4. The van der Waals surface area contributed by atoms with Crippen molar-refractivity contribution < 1.29 is 18.3 Å². The smallest absolute Gasteiger partial charge is 0.356 e. The Balaban J connectivity index is 2.02. The summed E-state index contributed by atoms with van der Waals surface area (Å²) in [6.07, 6.45) is 1.86. The first-order valence-corrected chi connectivity index (χ1v) is 9.73. The van der Waals surface area contributed by atoms with Crippen LogP contribution in [0.15, 0.2) is 41.7 Å². The minimum atomic E-state index is -4.28. The molecule has 28 heavy (non-hydrogen) atoms. The molecule has 0 aliphatic rings. The van der Waals surface area contributed by atoms with E-state index in [0.29, 0.717) is 5.69 Å². The summed E-state index contributed by atoms with van der Waals surface area (Å²) in [6, 6.07) is 7.22. The number of anilines is 1. The highest BCUT2D eigenvalue weighted by Crippen LogP contribution is 2.28. The van der Waals surface area contributed by atoms with Gasteiger partial charge < -0.3 is 5.11 Å². The third kappa shape index (κ3) is 4.07. The normalized spacial score (nSPS) is 11.2. The topological polar surface area (TPSA) is 135 Å². The van der Waals surface area contributed by atoms with Gasteiger partial charge in [-0.15, -0.1) is 0 Å². The van der Waals surface area contributed by atoms with Gasteiger partial charge in [-0.05, 0) is 25.0 Å². The van der Waals surface area contributed by atoms with Crippen molar-refractivity contribution in [3.05, 3.63) is 58.6 Å². The molecule has 0 unspecified atom stereocenters. The van der Waals surface area contributed by atoms with E-state index in [1.807, 2.05) is 32.0 Å². The van der Waals surface area contributed by atoms with Crippen LogP contribution in [0.1, 0.15) is 21.6 Å². The molecular weight excluding hydrogens is 406 g/mol. The average molecular weight is 420 g/mol. The van der Waals surface area contributed by atoms with Crippen molar-refractivity contribution in [2.45, 2.75) is 18.9 Å². The number of aromatic nitrogens is 4. The second kappa shape index (κ2) is 7.49. The molecule has 2 aromatic heterocycles. The van der Waals surface area contributed by atoms with Gasteiger partial charge in [0, 0.05) is 11.6 Å². The maximum atomic E-state index is 12.5. The molecule has 11 heteroatoms. The number of nitrogens with one attached hydrogen (secondary N) is 1. The van der Waals surface area contributed by atoms with Gasteiger partial charge in [0.1, 0.15) is 5.15 Å². The molecular formula is C17H14ClN5O4S. The first-order chi connectivity index (χ1) is 13.2. The lowest BCUT2D eigenvalue weighted by Crippen LogP contribution is -2.18. The van der Waals surface area contributed by atoms with Gasteiger partial charge in [-0.3, -0.25) is 4.98 Å². The molecule has 0 atom stereocenters. The molecule has 2 N–H and O–H groups in total. The number of halogens is 1. The molecule has 0 bridgehead atoms. The summed E-state index contributed by atoms with van der Waals surface area (Å²) >= 11 is 6.05. The van der Waals surface area contributed by atoms with Gasteiger partial charge in [0.05, 0.1) is 18.1 Å². The molecule has 0 fully saturated rings. The molecule has 0 radical (unpaired) electrons. The number of rotatable bonds is 5. The molecule has 144 valence electrons. The zero-order chi connectivity index (χ0) is 20.5. The minimum absolute atomic E-state index is 0.0377. The van der Waals surface area contributed by atoms with E-state index in [2.05, 4.69) is 24.7 Å². The van der Waals surface area contributed by atoms with Crippen molar-refractivity contribution in [3.8, 4) is 11.3 Å². The molecule has 1 aromatic carbocycles. The number of hydrogen-bond acceptors (Lipinski definition) is 7. The Morgan fingerprint density at radius 1 is 1.11 bits per heavy atom. The van der Waals surface area contributed by atoms with Gasteiger partial charge in [0.15, 0.2) is 10.7 Å². The zero-order valence-corrected chi connectivity index (χ0v) is 16.3. The van der Waals surface area contributed by atoms with Crippen molar-refractivity contribution in [2.24, 2.45) is 0 Å². The van der Waals surface area contributed by atoms with E-state index in [-0.39, 0.29) is 11.1 Å². The SMILES string of the molecule is Cc1cccc(C)c1-c1cc(Cl)nc(NS(=O)(=O)c2cncc(C(=O)O)n2)n1. The molecule has 3 rings (SSSR count). The van der Waals surface area contributed by atoms with Gasteiger partial charge in [0.25, 0.3) is 10.0 Å². The van der Waals surface area contributed by atoms with E-state index < -0.39 is 26.7 Å². The van der Waals surface area contributed by atoms with Gasteiger partial charge in [0.2, 0.25) is 5.95 Å². The van der Waals surface area contributed by atoms with Crippen LogP contribution in [0.4, 0.5) is 5.95 Å². The molecule has 9 nitrogen and oxygen atoms in total. The van der Waals surface area contributed by atoms with Crippen LogP contribution in [0.25, 0.3) is 11.3 Å². The van der Waals surface area contributed by atoms with E-state index in [1.165, 1.54) is 6.07 Å². The Kier molecular flexibility index (Phi) is 5.25. The lowest BCUT2D eigenvalue weighted by atomic mass is 10.00. The molecule has 0 spiro atoms. The fourth-order valence-electron chi connectivity index (χ4n) is 2.56. The molecule has 0 aliphatic carbocycles. The second-order valence-corrected chi connectivity index (χ2v) is 7.84. The van der Waals surface area contributed by atoms with Crippen LogP contribution in [-0.2, 0) is 10.0 Å². The highest BCUT2D eigenvalue weighted by Gasteiger charge is 2.21. The van der Waals surface area contributed by atoms with E-state index >= 15 is 0 Å². The maximum Gasteiger partial charge on any atom is 0.356 e. The molecule has 0 saturated carbocycles. The lowest BCUT2D eigenvalue weighted by molar-refractivity contribution is 0.0689. The van der Waals surface area contributed by atoms with Crippen LogP contribution in [0, 0.1) is 13.8 Å². The largest absolute Gasteiger partial charge is 0.476 e. The molecule has 0 saturated heterocycles. The van der Waals surface area contributed by atoms with Crippen LogP contribution in [0.2, 0.25) is 5.15 Å². The van der Waals surface area contributed by atoms with E-state index in [0.717, 1.165) is 29.1 Å². The van der Waals surface area contributed by atoms with Crippen LogP contribution in [-0.4, -0.2) is 39.4 Å². The van der Waals surface area contributed by atoms with Gasteiger partial charge in [-0.25, -0.2) is 24.5 Å². The summed E-state index contributed by atoms with van der Waals surface area (Å²) in [5.74, 6) is -1.67. The minimum Gasteiger partial charge on any atom is -0.476 e. The number of aromatic carboxylic acids is 1. The molecule has 0 amide bonds. The van der Waals surface area contributed by atoms with Gasteiger partial charge in [-0.2, -0.15) is 8.42 Å². The predicted molar refractivity (Wildman–Crippen MR) is 102 cm³/mol. The van der Waals surface area contributed by atoms with Crippen LogP contribution < -0.4 is 4.72 Å². The summed E-state index contributed by atoms with van der Waals surface area (Å²) in [6.45, 7) is 3.80. The van der Waals surface area contributed by atoms with Crippen molar-refractivity contribution in [1.29, 1.82) is 0 Å². The fourth-order valence-corrected chi connectivity index (χ4v) is 3.60. The molecule has 0 aliphatic heterocycles. The van der Waals surface area contributed by atoms with Crippen molar-refractivity contribution >= 4 is 33.5 Å². The van der Waals surface area contributed by atoms with Gasteiger partial charge in [-0.1, -0.05) is 29.8 Å². The molecule has 3 aromatic rings. The lowest BCUT2D eigenvalue weighted by Gasteiger charge is -2.11. The zero-order valence-electron chi connectivity index (χ0n) is 14.7. The Morgan fingerprint density at radius 3 is 2.43 bits per heavy atom. The van der Waals surface area contributed by atoms with Crippen molar-refractivity contribution in [1.82, 2.24) is 19.9 Å². The number of sulfonamides is 1. The first-order valence-electron chi connectivity index (χ1n) is 7.87. The number of carboxylic acids is 1. The third-order valence-electron chi connectivity index (χ3n) is 3.76. The summed E-state index contributed by atoms with van der Waals surface area (Å²) in [7, 11) is -4.28. The van der Waals surface area contributed by atoms with Gasteiger partial charge >= 0.3 is 5.97 Å². The summed E-state index contributed by atoms with van der Waals surface area (Å²) < 4.78 is 27.2. The highest BCUT2D eigenvalue weighted by molar-refractivity contribution is 7.92.